The van der Waals surface area contributed by atoms with Gasteiger partial charge in [0, 0.05) is 31.3 Å². The fourth-order valence-electron chi connectivity index (χ4n) is 4.28. The van der Waals surface area contributed by atoms with Crippen molar-refractivity contribution in [2.45, 2.75) is 45.5 Å². The highest BCUT2D eigenvalue weighted by Gasteiger charge is 2.42. The van der Waals surface area contributed by atoms with Crippen molar-refractivity contribution in [3.8, 4) is 11.4 Å². The molecule has 0 aliphatic carbocycles. The van der Waals surface area contributed by atoms with E-state index in [4.69, 9.17) is 0 Å². The van der Waals surface area contributed by atoms with E-state index in [9.17, 15) is 18.0 Å². The molecule has 4 heterocycles. The summed E-state index contributed by atoms with van der Waals surface area (Å²) in [6.07, 6.45) is -1.89. The van der Waals surface area contributed by atoms with Crippen LogP contribution in [0.3, 0.4) is 0 Å². The van der Waals surface area contributed by atoms with Crippen molar-refractivity contribution in [2.24, 2.45) is 5.92 Å². The number of alkyl halides is 3. The number of carbonyl (C=O) groups excluding carboxylic acids is 1. The highest BCUT2D eigenvalue weighted by atomic mass is 19.4. The van der Waals surface area contributed by atoms with Crippen LogP contribution < -0.4 is 5.32 Å². The minimum absolute atomic E-state index is 0.0180. The first-order valence-electron chi connectivity index (χ1n) is 11.2. The monoisotopic (exact) mass is 468 g/mol. The molecule has 1 aliphatic rings. The van der Waals surface area contributed by atoms with Gasteiger partial charge in [-0.2, -0.15) is 18.3 Å². The first kappa shape index (κ1) is 22.1. The summed E-state index contributed by atoms with van der Waals surface area (Å²) in [6.45, 7) is 2.49. The zero-order chi connectivity index (χ0) is 23.9. The number of nitrogens with one attached hydrogen (secondary N) is 1. The number of aromatic nitrogens is 5. The van der Waals surface area contributed by atoms with Crippen LogP contribution >= 0.6 is 0 Å². The minimum Gasteiger partial charge on any atom is -0.347 e. The third-order valence-corrected chi connectivity index (χ3v) is 6.15. The molecule has 1 atom stereocenters. The molecule has 0 saturated carbocycles. The van der Waals surface area contributed by atoms with Gasteiger partial charge >= 0.3 is 6.18 Å². The first-order valence-corrected chi connectivity index (χ1v) is 11.2. The van der Waals surface area contributed by atoms with Crippen LogP contribution in [0.25, 0.3) is 17.0 Å². The van der Waals surface area contributed by atoms with Gasteiger partial charge in [0.2, 0.25) is 0 Å². The van der Waals surface area contributed by atoms with Gasteiger partial charge in [0.05, 0.1) is 11.6 Å². The zero-order valence-corrected chi connectivity index (χ0v) is 18.5. The molecule has 7 nitrogen and oxygen atoms in total. The second-order valence-electron chi connectivity index (χ2n) is 8.38. The Bertz CT molecular complexity index is 1340. The molecule has 1 N–H and O–H groups in total. The van der Waals surface area contributed by atoms with Gasteiger partial charge in [-0.05, 0) is 30.5 Å². The number of carbonyl (C=O) groups is 1. The second kappa shape index (κ2) is 8.58. The molecule has 0 saturated heterocycles. The van der Waals surface area contributed by atoms with Gasteiger partial charge in [-0.1, -0.05) is 37.3 Å². The summed E-state index contributed by atoms with van der Waals surface area (Å²) in [6, 6.07) is 12.9. The standard InChI is InChI=1S/C24H23F3N6O/c1-2-18-21(32-11-4-3-5-19(32)29-18)23(34)28-14-15-6-8-16(9-7-15)22-30-20-13-17(24(25,26)27)10-12-33(20)31-22/h3-9,11,17H,2,10,12-14H2,1H3,(H,28,34). The molecule has 1 aliphatic heterocycles. The molecule has 3 aromatic heterocycles. The van der Waals surface area contributed by atoms with E-state index >= 15 is 0 Å². The van der Waals surface area contributed by atoms with E-state index in [0.717, 1.165) is 22.5 Å². The van der Waals surface area contributed by atoms with Gasteiger partial charge in [-0.3, -0.25) is 9.20 Å². The van der Waals surface area contributed by atoms with Gasteiger partial charge in [0.15, 0.2) is 5.82 Å². The predicted octanol–water partition coefficient (Wildman–Crippen LogP) is 4.21. The van der Waals surface area contributed by atoms with E-state index in [-0.39, 0.29) is 25.3 Å². The molecule has 176 valence electrons. The number of fused-ring (bicyclic) bond motifs is 2. The van der Waals surface area contributed by atoms with Crippen LogP contribution in [0.15, 0.2) is 48.7 Å². The number of halogens is 3. The van der Waals surface area contributed by atoms with Crippen molar-refractivity contribution >= 4 is 11.6 Å². The minimum atomic E-state index is -4.22. The highest BCUT2D eigenvalue weighted by molar-refractivity contribution is 5.94. The van der Waals surface area contributed by atoms with Crippen LogP contribution in [0, 0.1) is 5.92 Å². The lowest BCUT2D eigenvalue weighted by molar-refractivity contribution is -0.179. The summed E-state index contributed by atoms with van der Waals surface area (Å²) in [4.78, 5) is 21.8. The van der Waals surface area contributed by atoms with Crippen molar-refractivity contribution in [2.75, 3.05) is 0 Å². The summed E-state index contributed by atoms with van der Waals surface area (Å²) in [5.74, 6) is -0.808. The fourth-order valence-corrected chi connectivity index (χ4v) is 4.28. The van der Waals surface area contributed by atoms with Gasteiger partial charge in [0.25, 0.3) is 5.91 Å². The predicted molar refractivity (Wildman–Crippen MR) is 119 cm³/mol. The van der Waals surface area contributed by atoms with Crippen LogP contribution in [-0.4, -0.2) is 36.2 Å². The number of hydrogen-bond donors (Lipinski definition) is 1. The number of imidazole rings is 1. The number of nitrogens with zero attached hydrogens (tertiary/aromatic N) is 5. The second-order valence-corrected chi connectivity index (χ2v) is 8.38. The Hall–Kier alpha value is -3.69. The van der Waals surface area contributed by atoms with Crippen molar-refractivity contribution < 1.29 is 18.0 Å². The lowest BCUT2D eigenvalue weighted by atomic mass is 9.98. The van der Waals surface area contributed by atoms with Gasteiger partial charge in [0.1, 0.15) is 17.2 Å². The normalized spacial score (nSPS) is 15.9. The maximum Gasteiger partial charge on any atom is 0.392 e. The van der Waals surface area contributed by atoms with E-state index in [2.05, 4.69) is 20.4 Å². The molecule has 34 heavy (non-hydrogen) atoms. The molecule has 0 bridgehead atoms. The quantitative estimate of drug-likeness (QED) is 0.476. The van der Waals surface area contributed by atoms with Gasteiger partial charge in [-0.15, -0.1) is 0 Å². The number of pyridine rings is 1. The fraction of sp³-hybridized carbons (Fsp3) is 0.333. The van der Waals surface area contributed by atoms with Crippen LogP contribution in [0.1, 0.15) is 40.9 Å². The Kier molecular flexibility index (Phi) is 5.59. The first-order chi connectivity index (χ1) is 16.3. The molecule has 0 fully saturated rings. The number of rotatable bonds is 5. The van der Waals surface area contributed by atoms with E-state index < -0.39 is 12.1 Å². The van der Waals surface area contributed by atoms with Crippen molar-refractivity contribution in [1.82, 2.24) is 29.5 Å². The van der Waals surface area contributed by atoms with E-state index in [1.807, 2.05) is 55.6 Å². The van der Waals surface area contributed by atoms with E-state index in [1.54, 1.807) is 9.08 Å². The topological polar surface area (TPSA) is 77.1 Å². The molecule has 4 aromatic rings. The molecule has 1 aromatic carbocycles. The van der Waals surface area contributed by atoms with Crippen molar-refractivity contribution in [1.29, 1.82) is 0 Å². The highest BCUT2D eigenvalue weighted by Crippen LogP contribution is 2.34. The Morgan fingerprint density at radius 2 is 1.94 bits per heavy atom. The Labute approximate surface area is 193 Å². The Morgan fingerprint density at radius 1 is 1.15 bits per heavy atom. The SMILES string of the molecule is CCc1nc2ccccn2c1C(=O)NCc1ccc(-c2nc3n(n2)CCC(C(F)(F)F)C3)cc1. The largest absolute Gasteiger partial charge is 0.392 e. The molecule has 0 radical (unpaired) electrons. The number of aryl methyl sites for hydroxylation is 2. The zero-order valence-electron chi connectivity index (χ0n) is 18.5. The third-order valence-electron chi connectivity index (χ3n) is 6.15. The summed E-state index contributed by atoms with van der Waals surface area (Å²) < 4.78 is 42.5. The Morgan fingerprint density at radius 3 is 2.68 bits per heavy atom. The maximum atomic E-state index is 13.1. The molecular weight excluding hydrogens is 445 g/mol. The van der Waals surface area contributed by atoms with Gasteiger partial charge in [-0.25, -0.2) is 14.6 Å². The summed E-state index contributed by atoms with van der Waals surface area (Å²) >= 11 is 0. The van der Waals surface area contributed by atoms with E-state index in [0.29, 0.717) is 30.3 Å². The smallest absolute Gasteiger partial charge is 0.347 e. The van der Waals surface area contributed by atoms with Crippen LogP contribution in [0.5, 0.6) is 0 Å². The molecule has 10 heteroatoms. The molecular formula is C24H23F3N6O. The summed E-state index contributed by atoms with van der Waals surface area (Å²) in [7, 11) is 0. The van der Waals surface area contributed by atoms with Crippen LogP contribution in [0.2, 0.25) is 0 Å². The molecule has 1 amide bonds. The van der Waals surface area contributed by atoms with Crippen molar-refractivity contribution in [3.63, 3.8) is 0 Å². The Balaban J connectivity index is 1.27. The molecule has 0 spiro atoms. The van der Waals surface area contributed by atoms with Gasteiger partial charge < -0.3 is 5.32 Å². The number of amides is 1. The van der Waals surface area contributed by atoms with Crippen LogP contribution in [-0.2, 0) is 25.9 Å². The molecule has 1 unspecified atom stereocenters. The van der Waals surface area contributed by atoms with Crippen molar-refractivity contribution in [3.05, 3.63) is 71.4 Å². The number of benzene rings is 1. The third kappa shape index (κ3) is 4.15. The summed E-state index contributed by atoms with van der Waals surface area (Å²) in [5.41, 5.74) is 3.59. The van der Waals surface area contributed by atoms with Crippen LogP contribution in [0.4, 0.5) is 13.2 Å². The maximum absolute atomic E-state index is 13.1. The average molecular weight is 468 g/mol. The lowest BCUT2D eigenvalue weighted by Crippen LogP contribution is -2.31. The lowest BCUT2D eigenvalue weighted by Gasteiger charge is -2.24. The molecule has 5 rings (SSSR count). The average Bonchev–Trinajstić information content (AvgIpc) is 3.43. The number of hydrogen-bond acceptors (Lipinski definition) is 4. The summed E-state index contributed by atoms with van der Waals surface area (Å²) in [5, 5.41) is 7.33. The van der Waals surface area contributed by atoms with E-state index in [1.165, 1.54) is 0 Å².